The second-order valence-corrected chi connectivity index (χ2v) is 10.2. The summed E-state index contributed by atoms with van der Waals surface area (Å²) < 4.78 is 27.6. The molecule has 1 aliphatic heterocycles. The molecule has 1 N–H and O–H groups in total. The normalized spacial score (nSPS) is 14.9. The summed E-state index contributed by atoms with van der Waals surface area (Å²) in [6.07, 6.45) is 1.59. The number of sulfonamides is 1. The van der Waals surface area contributed by atoms with Crippen LogP contribution < -0.4 is 5.32 Å². The van der Waals surface area contributed by atoms with E-state index < -0.39 is 15.9 Å². The van der Waals surface area contributed by atoms with E-state index in [2.05, 4.69) is 10.3 Å². The highest BCUT2D eigenvalue weighted by atomic mass is 35.5. The van der Waals surface area contributed by atoms with Crippen molar-refractivity contribution < 1.29 is 18.0 Å². The molecule has 1 aromatic heterocycles. The highest BCUT2D eigenvalue weighted by Gasteiger charge is 2.29. The number of aromatic nitrogens is 1. The minimum Gasteiger partial charge on any atom is -0.340 e. The van der Waals surface area contributed by atoms with Crippen molar-refractivity contribution >= 4 is 50.0 Å². The summed E-state index contributed by atoms with van der Waals surface area (Å²) in [5, 5.41) is 4.17. The first-order valence-corrected chi connectivity index (χ1v) is 12.2. The van der Waals surface area contributed by atoms with Gasteiger partial charge in [0, 0.05) is 55.3 Å². The number of hydrogen-bond acceptors (Lipinski definition) is 5. The number of benzene rings is 2. The van der Waals surface area contributed by atoms with Crippen molar-refractivity contribution in [1.29, 1.82) is 0 Å². The number of fused-ring (bicyclic) bond motifs is 1. The summed E-state index contributed by atoms with van der Waals surface area (Å²) in [5.74, 6) is -0.514. The maximum absolute atomic E-state index is 13.1. The van der Waals surface area contributed by atoms with Crippen LogP contribution in [0.2, 0.25) is 5.02 Å². The molecule has 0 unspecified atom stereocenters. The summed E-state index contributed by atoms with van der Waals surface area (Å²) in [7, 11) is -3.79. The summed E-state index contributed by atoms with van der Waals surface area (Å²) >= 11 is 6.18. The number of hydrogen-bond donors (Lipinski definition) is 1. The van der Waals surface area contributed by atoms with Gasteiger partial charge in [-0.1, -0.05) is 17.7 Å². The SMILES string of the molecule is CC(=O)N1CCN(S(=O)(=O)c2cccc(C(=O)Nc3ccnc4c(C)c(Cl)ccc34)c2)CC1. The predicted molar refractivity (Wildman–Crippen MR) is 127 cm³/mol. The maximum Gasteiger partial charge on any atom is 0.255 e. The molecule has 2 heterocycles. The average molecular weight is 487 g/mol. The number of halogens is 1. The Hall–Kier alpha value is -3.01. The van der Waals surface area contributed by atoms with Gasteiger partial charge in [0.2, 0.25) is 15.9 Å². The molecule has 3 aromatic rings. The van der Waals surface area contributed by atoms with Gasteiger partial charge < -0.3 is 10.2 Å². The predicted octanol–water partition coefficient (Wildman–Crippen LogP) is 3.30. The van der Waals surface area contributed by atoms with E-state index in [1.165, 1.54) is 23.4 Å². The van der Waals surface area contributed by atoms with Crippen LogP contribution in [0.5, 0.6) is 0 Å². The Bertz CT molecular complexity index is 1350. The van der Waals surface area contributed by atoms with Gasteiger partial charge in [-0.05, 0) is 48.9 Å². The molecular weight excluding hydrogens is 464 g/mol. The molecule has 8 nitrogen and oxygen atoms in total. The van der Waals surface area contributed by atoms with Crippen molar-refractivity contribution in [1.82, 2.24) is 14.2 Å². The van der Waals surface area contributed by atoms with Crippen molar-refractivity contribution in [2.24, 2.45) is 0 Å². The van der Waals surface area contributed by atoms with Gasteiger partial charge in [-0.2, -0.15) is 4.31 Å². The van der Waals surface area contributed by atoms with E-state index >= 15 is 0 Å². The van der Waals surface area contributed by atoms with Crippen molar-refractivity contribution in [3.05, 3.63) is 64.8 Å². The molecule has 4 rings (SSSR count). The zero-order valence-electron chi connectivity index (χ0n) is 18.2. The fourth-order valence-electron chi connectivity index (χ4n) is 3.83. The topological polar surface area (TPSA) is 99.7 Å². The molecule has 0 saturated carbocycles. The molecule has 1 saturated heterocycles. The molecule has 1 aliphatic rings. The van der Waals surface area contributed by atoms with E-state index in [4.69, 9.17) is 11.6 Å². The molecule has 0 radical (unpaired) electrons. The largest absolute Gasteiger partial charge is 0.340 e. The van der Waals surface area contributed by atoms with Crippen LogP contribution in [-0.4, -0.2) is 60.6 Å². The van der Waals surface area contributed by atoms with Gasteiger partial charge in [0.25, 0.3) is 5.91 Å². The quantitative estimate of drug-likeness (QED) is 0.610. The second-order valence-electron chi connectivity index (χ2n) is 7.82. The Balaban J connectivity index is 1.57. The smallest absolute Gasteiger partial charge is 0.255 e. The lowest BCUT2D eigenvalue weighted by Gasteiger charge is -2.33. The van der Waals surface area contributed by atoms with Gasteiger partial charge in [0.05, 0.1) is 16.1 Å². The van der Waals surface area contributed by atoms with E-state index in [0.29, 0.717) is 29.3 Å². The molecule has 33 heavy (non-hydrogen) atoms. The fraction of sp³-hybridized carbons (Fsp3) is 0.261. The molecule has 10 heteroatoms. The Morgan fingerprint density at radius 1 is 1.06 bits per heavy atom. The summed E-state index contributed by atoms with van der Waals surface area (Å²) in [6, 6.07) is 11.2. The van der Waals surface area contributed by atoms with Crippen molar-refractivity contribution in [2.45, 2.75) is 18.7 Å². The Kier molecular flexibility index (Phi) is 6.38. The van der Waals surface area contributed by atoms with Crippen LogP contribution in [-0.2, 0) is 14.8 Å². The molecule has 0 bridgehead atoms. The number of carbonyl (C=O) groups excluding carboxylic acids is 2. The van der Waals surface area contributed by atoms with Crippen LogP contribution in [0.15, 0.2) is 53.6 Å². The number of nitrogens with zero attached hydrogens (tertiary/aromatic N) is 3. The van der Waals surface area contributed by atoms with Crippen LogP contribution in [0, 0.1) is 6.92 Å². The van der Waals surface area contributed by atoms with E-state index in [1.54, 1.807) is 41.4 Å². The van der Waals surface area contributed by atoms with E-state index in [1.807, 2.05) is 6.92 Å². The average Bonchev–Trinajstić information content (AvgIpc) is 2.82. The van der Waals surface area contributed by atoms with Gasteiger partial charge in [0.15, 0.2) is 0 Å². The number of pyridine rings is 1. The fourth-order valence-corrected chi connectivity index (χ4v) is 5.45. The Morgan fingerprint density at radius 3 is 2.48 bits per heavy atom. The second kappa shape index (κ2) is 9.09. The zero-order valence-corrected chi connectivity index (χ0v) is 19.8. The van der Waals surface area contributed by atoms with E-state index in [0.717, 1.165) is 10.9 Å². The molecule has 1 fully saturated rings. The van der Waals surface area contributed by atoms with Gasteiger partial charge in [0.1, 0.15) is 0 Å². The lowest BCUT2D eigenvalue weighted by Crippen LogP contribution is -2.49. The van der Waals surface area contributed by atoms with Gasteiger partial charge >= 0.3 is 0 Å². The monoisotopic (exact) mass is 486 g/mol. The molecule has 172 valence electrons. The number of amides is 2. The number of aryl methyl sites for hydroxylation is 1. The lowest BCUT2D eigenvalue weighted by molar-refractivity contribution is -0.129. The molecule has 2 amide bonds. The number of rotatable bonds is 4. The van der Waals surface area contributed by atoms with Crippen LogP contribution in [0.4, 0.5) is 5.69 Å². The zero-order chi connectivity index (χ0) is 23.8. The number of anilines is 1. The highest BCUT2D eigenvalue weighted by molar-refractivity contribution is 7.89. The molecule has 0 spiro atoms. The van der Waals surface area contributed by atoms with Crippen molar-refractivity contribution in [3.8, 4) is 0 Å². The number of carbonyl (C=O) groups is 2. The van der Waals surface area contributed by atoms with Gasteiger partial charge in [-0.3, -0.25) is 14.6 Å². The summed E-state index contributed by atoms with van der Waals surface area (Å²) in [6.45, 7) is 4.43. The molecule has 2 aromatic carbocycles. The minimum absolute atomic E-state index is 0.0358. The maximum atomic E-state index is 13.1. The third-order valence-electron chi connectivity index (χ3n) is 5.77. The van der Waals surface area contributed by atoms with E-state index in [9.17, 15) is 18.0 Å². The van der Waals surface area contributed by atoms with Gasteiger partial charge in [-0.25, -0.2) is 8.42 Å². The number of piperazine rings is 1. The number of nitrogens with one attached hydrogen (secondary N) is 1. The first-order chi connectivity index (χ1) is 15.7. The first-order valence-electron chi connectivity index (χ1n) is 10.4. The third kappa shape index (κ3) is 4.57. The molecule has 0 aliphatic carbocycles. The van der Waals surface area contributed by atoms with Crippen LogP contribution in [0.25, 0.3) is 10.9 Å². The third-order valence-corrected chi connectivity index (χ3v) is 8.07. The summed E-state index contributed by atoms with van der Waals surface area (Å²) in [4.78, 5) is 30.5. The van der Waals surface area contributed by atoms with Crippen molar-refractivity contribution in [2.75, 3.05) is 31.5 Å². The Labute approximate surface area is 197 Å². The van der Waals surface area contributed by atoms with Crippen molar-refractivity contribution in [3.63, 3.8) is 0 Å². The van der Waals surface area contributed by atoms with Crippen LogP contribution in [0.3, 0.4) is 0 Å². The molecular formula is C23H23ClN4O4S. The van der Waals surface area contributed by atoms with Crippen LogP contribution in [0.1, 0.15) is 22.8 Å². The van der Waals surface area contributed by atoms with Gasteiger partial charge in [-0.15, -0.1) is 0 Å². The summed E-state index contributed by atoms with van der Waals surface area (Å²) in [5.41, 5.74) is 2.26. The minimum atomic E-state index is -3.79. The standard InChI is InChI=1S/C23H23ClN4O4S/c1-15-20(24)7-6-19-21(8-9-25-22(15)19)26-23(30)17-4-3-5-18(14-17)33(31,32)28-12-10-27(11-13-28)16(2)29/h3-9,14H,10-13H2,1-2H3,(H,25,26,30). The van der Waals surface area contributed by atoms with Crippen LogP contribution >= 0.6 is 11.6 Å². The highest BCUT2D eigenvalue weighted by Crippen LogP contribution is 2.29. The Morgan fingerprint density at radius 2 is 1.79 bits per heavy atom. The first kappa shape index (κ1) is 23.2. The molecule has 0 atom stereocenters. The lowest BCUT2D eigenvalue weighted by atomic mass is 10.1. The van der Waals surface area contributed by atoms with E-state index in [-0.39, 0.29) is 29.5 Å².